The summed E-state index contributed by atoms with van der Waals surface area (Å²) in [4.78, 5) is 12.6. The maximum absolute atomic E-state index is 12.6. The van der Waals surface area contributed by atoms with Gasteiger partial charge in [0.2, 0.25) is 0 Å². The first-order valence-corrected chi connectivity index (χ1v) is 9.00. The van der Waals surface area contributed by atoms with E-state index >= 15 is 0 Å². The number of carbonyl (C=O) groups is 1. The Kier molecular flexibility index (Phi) is 5.51. The zero-order valence-corrected chi connectivity index (χ0v) is 15.6. The van der Waals surface area contributed by atoms with E-state index < -0.39 is 0 Å². The molecule has 136 valence electrons. The second-order valence-corrected chi connectivity index (χ2v) is 6.53. The number of nitrogens with one attached hydrogen (secondary N) is 1. The molecular weight excluding hydrogens is 326 g/mol. The van der Waals surface area contributed by atoms with Gasteiger partial charge in [0.1, 0.15) is 5.82 Å². The molecule has 2 heterocycles. The van der Waals surface area contributed by atoms with Crippen molar-refractivity contribution in [1.82, 2.24) is 19.6 Å². The molecule has 3 rings (SSSR count). The molecule has 0 spiro atoms. The van der Waals surface area contributed by atoms with Crippen molar-refractivity contribution in [3.63, 3.8) is 0 Å². The van der Waals surface area contributed by atoms with Crippen molar-refractivity contribution < 1.29 is 4.79 Å². The van der Waals surface area contributed by atoms with E-state index in [1.165, 1.54) is 0 Å². The molecule has 1 amide bonds. The maximum atomic E-state index is 12.6. The van der Waals surface area contributed by atoms with E-state index in [0.717, 1.165) is 42.2 Å². The van der Waals surface area contributed by atoms with E-state index in [4.69, 9.17) is 0 Å². The summed E-state index contributed by atoms with van der Waals surface area (Å²) in [5.74, 6) is 0.603. The fourth-order valence-corrected chi connectivity index (χ4v) is 2.93. The van der Waals surface area contributed by atoms with Gasteiger partial charge in [-0.25, -0.2) is 4.68 Å². The van der Waals surface area contributed by atoms with E-state index in [-0.39, 0.29) is 5.91 Å². The van der Waals surface area contributed by atoms with E-state index in [9.17, 15) is 4.79 Å². The lowest BCUT2D eigenvalue weighted by Crippen LogP contribution is -2.16. The minimum atomic E-state index is -0.126. The van der Waals surface area contributed by atoms with Crippen LogP contribution in [0.25, 0.3) is 0 Å². The zero-order chi connectivity index (χ0) is 18.5. The number of anilines is 1. The Labute approximate surface area is 153 Å². The molecule has 6 nitrogen and oxygen atoms in total. The van der Waals surface area contributed by atoms with Gasteiger partial charge in [-0.05, 0) is 44.0 Å². The second-order valence-electron chi connectivity index (χ2n) is 6.53. The van der Waals surface area contributed by atoms with E-state index in [0.29, 0.717) is 12.1 Å². The lowest BCUT2D eigenvalue weighted by molar-refractivity contribution is 0.102. The highest BCUT2D eigenvalue weighted by Gasteiger charge is 2.11. The molecule has 0 saturated carbocycles. The number of rotatable bonds is 7. The van der Waals surface area contributed by atoms with Gasteiger partial charge in [0, 0.05) is 23.9 Å². The molecule has 6 heteroatoms. The van der Waals surface area contributed by atoms with Crippen molar-refractivity contribution in [3.8, 4) is 0 Å². The van der Waals surface area contributed by atoms with Crippen molar-refractivity contribution in [1.29, 1.82) is 0 Å². The average molecular weight is 351 g/mol. The van der Waals surface area contributed by atoms with Crippen LogP contribution >= 0.6 is 0 Å². The lowest BCUT2D eigenvalue weighted by Gasteiger charge is -2.10. The second kappa shape index (κ2) is 7.99. The third-order valence-electron chi connectivity index (χ3n) is 4.31. The Morgan fingerprint density at radius 2 is 2.00 bits per heavy atom. The van der Waals surface area contributed by atoms with Gasteiger partial charge < -0.3 is 5.32 Å². The first kappa shape index (κ1) is 17.9. The first-order chi connectivity index (χ1) is 12.6. The van der Waals surface area contributed by atoms with E-state index in [1.54, 1.807) is 6.20 Å². The van der Waals surface area contributed by atoms with Gasteiger partial charge in [-0.2, -0.15) is 10.2 Å². The Bertz CT molecular complexity index is 893. The molecule has 0 aliphatic heterocycles. The standard InChI is InChI=1S/C20H25N5O/c1-4-5-11-24-19(9-10-21-24)22-20(26)18-8-6-7-17(13-18)14-25-16(3)12-15(2)23-25/h6-10,12-13H,4-5,11,14H2,1-3H3,(H,22,26). The van der Waals surface area contributed by atoms with Crippen LogP contribution in [0.4, 0.5) is 5.82 Å². The Morgan fingerprint density at radius 1 is 1.15 bits per heavy atom. The van der Waals surface area contributed by atoms with Crippen LogP contribution < -0.4 is 5.32 Å². The molecule has 1 aromatic carbocycles. The van der Waals surface area contributed by atoms with Crippen LogP contribution in [0.15, 0.2) is 42.6 Å². The summed E-state index contributed by atoms with van der Waals surface area (Å²) in [7, 11) is 0. The molecule has 0 aliphatic carbocycles. The number of hydrogen-bond acceptors (Lipinski definition) is 3. The topological polar surface area (TPSA) is 64.7 Å². The molecule has 0 unspecified atom stereocenters. The van der Waals surface area contributed by atoms with E-state index in [2.05, 4.69) is 22.4 Å². The number of nitrogens with zero attached hydrogens (tertiary/aromatic N) is 4. The van der Waals surface area contributed by atoms with Gasteiger partial charge >= 0.3 is 0 Å². The number of hydrogen-bond donors (Lipinski definition) is 1. The first-order valence-electron chi connectivity index (χ1n) is 9.00. The predicted molar refractivity (Wildman–Crippen MR) is 102 cm³/mol. The van der Waals surface area contributed by atoms with E-state index in [1.807, 2.05) is 59.6 Å². The molecule has 2 aromatic heterocycles. The number of aryl methyl sites for hydroxylation is 3. The van der Waals surface area contributed by atoms with Crippen LogP contribution in [0.1, 0.15) is 47.1 Å². The number of amides is 1. The number of aromatic nitrogens is 4. The van der Waals surface area contributed by atoms with Crippen LogP contribution in [0.3, 0.4) is 0 Å². The number of benzene rings is 1. The monoisotopic (exact) mass is 351 g/mol. The fraction of sp³-hybridized carbons (Fsp3) is 0.350. The lowest BCUT2D eigenvalue weighted by atomic mass is 10.1. The number of unbranched alkanes of at least 4 members (excludes halogenated alkanes) is 1. The largest absolute Gasteiger partial charge is 0.307 e. The predicted octanol–water partition coefficient (Wildman–Crippen LogP) is 3.80. The summed E-state index contributed by atoms with van der Waals surface area (Å²) < 4.78 is 3.79. The molecule has 0 radical (unpaired) electrons. The van der Waals surface area contributed by atoms with Gasteiger partial charge in [0.25, 0.3) is 5.91 Å². The molecule has 3 aromatic rings. The SMILES string of the molecule is CCCCn1nccc1NC(=O)c1cccc(Cn2nc(C)cc2C)c1. The van der Waals surface area contributed by atoms with Gasteiger partial charge in [-0.1, -0.05) is 25.5 Å². The van der Waals surface area contributed by atoms with Crippen LogP contribution in [0, 0.1) is 13.8 Å². The summed E-state index contributed by atoms with van der Waals surface area (Å²) >= 11 is 0. The third-order valence-corrected chi connectivity index (χ3v) is 4.31. The highest BCUT2D eigenvalue weighted by Crippen LogP contribution is 2.13. The summed E-state index contributed by atoms with van der Waals surface area (Å²) in [6, 6.07) is 11.5. The maximum Gasteiger partial charge on any atom is 0.256 e. The molecule has 0 bridgehead atoms. The third kappa shape index (κ3) is 4.20. The van der Waals surface area contributed by atoms with Crippen LogP contribution in [0.5, 0.6) is 0 Å². The van der Waals surface area contributed by atoms with Gasteiger partial charge in [-0.15, -0.1) is 0 Å². The smallest absolute Gasteiger partial charge is 0.256 e. The van der Waals surface area contributed by atoms with Gasteiger partial charge in [0.15, 0.2) is 0 Å². The highest BCUT2D eigenvalue weighted by atomic mass is 16.1. The molecule has 0 saturated heterocycles. The van der Waals surface area contributed by atoms with Gasteiger partial charge in [0.05, 0.1) is 18.4 Å². The Morgan fingerprint density at radius 3 is 2.73 bits per heavy atom. The normalized spacial score (nSPS) is 10.9. The molecule has 1 N–H and O–H groups in total. The van der Waals surface area contributed by atoms with Crippen molar-refractivity contribution in [2.24, 2.45) is 0 Å². The van der Waals surface area contributed by atoms with Crippen molar-refractivity contribution >= 4 is 11.7 Å². The summed E-state index contributed by atoms with van der Waals surface area (Å²) in [6.07, 6.45) is 3.83. The van der Waals surface area contributed by atoms with Crippen LogP contribution in [0.2, 0.25) is 0 Å². The molecule has 26 heavy (non-hydrogen) atoms. The highest BCUT2D eigenvalue weighted by molar-refractivity contribution is 6.03. The molecule has 0 aliphatic rings. The molecular formula is C20H25N5O. The molecule has 0 atom stereocenters. The number of carbonyl (C=O) groups excluding carboxylic acids is 1. The quantitative estimate of drug-likeness (QED) is 0.704. The van der Waals surface area contributed by atoms with Crippen molar-refractivity contribution in [2.75, 3.05) is 5.32 Å². The summed E-state index contributed by atoms with van der Waals surface area (Å²) in [6.45, 7) is 7.60. The summed E-state index contributed by atoms with van der Waals surface area (Å²) in [5.41, 5.74) is 3.78. The van der Waals surface area contributed by atoms with Crippen LogP contribution in [-0.2, 0) is 13.1 Å². The van der Waals surface area contributed by atoms with Crippen molar-refractivity contribution in [3.05, 3.63) is 65.1 Å². The average Bonchev–Trinajstić information content (AvgIpc) is 3.19. The minimum absolute atomic E-state index is 0.126. The Hall–Kier alpha value is -2.89. The molecule has 0 fully saturated rings. The fourth-order valence-electron chi connectivity index (χ4n) is 2.93. The zero-order valence-electron chi connectivity index (χ0n) is 15.6. The Balaban J connectivity index is 1.72. The van der Waals surface area contributed by atoms with Gasteiger partial charge in [-0.3, -0.25) is 9.48 Å². The van der Waals surface area contributed by atoms with Crippen molar-refractivity contribution in [2.45, 2.75) is 46.7 Å². The summed E-state index contributed by atoms with van der Waals surface area (Å²) in [5, 5.41) is 11.7. The minimum Gasteiger partial charge on any atom is -0.307 e. The van der Waals surface area contributed by atoms with Crippen LogP contribution in [-0.4, -0.2) is 25.5 Å².